The predicted molar refractivity (Wildman–Crippen MR) is 128 cm³/mol. The lowest BCUT2D eigenvalue weighted by Crippen LogP contribution is -2.42. The van der Waals surface area contributed by atoms with Gasteiger partial charge in [-0.25, -0.2) is 8.42 Å². The second kappa shape index (κ2) is 9.84. The number of aryl methyl sites for hydroxylation is 4. The summed E-state index contributed by atoms with van der Waals surface area (Å²) < 4.78 is 88.6. The zero-order valence-electron chi connectivity index (χ0n) is 19.2. The van der Waals surface area contributed by atoms with Crippen LogP contribution in [0.5, 0.6) is 5.75 Å². The molecule has 0 aromatic heterocycles. The fourth-order valence-electron chi connectivity index (χ4n) is 3.47. The van der Waals surface area contributed by atoms with Crippen LogP contribution in [0.1, 0.15) is 22.3 Å². The maximum absolute atomic E-state index is 12.5. The molecule has 35 heavy (non-hydrogen) atoms. The van der Waals surface area contributed by atoms with Crippen LogP contribution >= 0.6 is 0 Å². The molecule has 188 valence electrons. The summed E-state index contributed by atoms with van der Waals surface area (Å²) in [6.07, 6.45) is 0. The molecule has 0 unspecified atom stereocenters. The van der Waals surface area contributed by atoms with Crippen molar-refractivity contribution < 1.29 is 34.2 Å². The van der Waals surface area contributed by atoms with E-state index in [2.05, 4.69) is 40.6 Å². The molecule has 0 amide bonds. The quantitative estimate of drug-likeness (QED) is 0.418. The Kier molecular flexibility index (Phi) is 7.61. The van der Waals surface area contributed by atoms with E-state index in [4.69, 9.17) is 0 Å². The monoisotopic (exact) mass is 546 g/mol. The second-order valence-electron chi connectivity index (χ2n) is 7.99. The van der Waals surface area contributed by atoms with Gasteiger partial charge in [0, 0.05) is 0 Å². The summed E-state index contributed by atoms with van der Waals surface area (Å²) in [5, 5.41) is 0. The molecule has 3 aromatic rings. The molecule has 12 heteroatoms. The predicted octanol–water partition coefficient (Wildman–Crippen LogP) is 5.08. The zero-order valence-corrected chi connectivity index (χ0v) is 21.6. The van der Waals surface area contributed by atoms with E-state index in [0.29, 0.717) is 4.13 Å². The van der Waals surface area contributed by atoms with Crippen molar-refractivity contribution in [3.8, 4) is 5.75 Å². The topological polar surface area (TPSA) is 89.5 Å². The van der Waals surface area contributed by atoms with Gasteiger partial charge in [-0.2, -0.15) is 21.6 Å². The number of nitrogens with one attached hydrogen (secondary N) is 1. The Morgan fingerprint density at radius 1 is 0.686 bits per heavy atom. The van der Waals surface area contributed by atoms with Gasteiger partial charge in [-0.15, -0.1) is 0 Å². The highest BCUT2D eigenvalue weighted by atomic mass is 32.3. The van der Waals surface area contributed by atoms with Crippen molar-refractivity contribution in [2.24, 2.45) is 0 Å². The van der Waals surface area contributed by atoms with E-state index in [1.54, 1.807) is 12.1 Å². The van der Waals surface area contributed by atoms with Crippen molar-refractivity contribution >= 4 is 31.2 Å². The Hall–Kier alpha value is -2.54. The van der Waals surface area contributed by atoms with Gasteiger partial charge >= 0.3 is 25.8 Å². The molecule has 0 heterocycles. The maximum Gasteiger partial charge on any atom is 0.512 e. The first-order chi connectivity index (χ1) is 16.1. The van der Waals surface area contributed by atoms with Crippen LogP contribution in [-0.4, -0.2) is 22.3 Å². The molecule has 0 aliphatic heterocycles. The molecule has 0 bridgehead atoms. The lowest BCUT2D eigenvalue weighted by molar-refractivity contribution is -0.0442. The highest BCUT2D eigenvalue weighted by Crippen LogP contribution is 2.34. The van der Waals surface area contributed by atoms with Crippen molar-refractivity contribution in [1.29, 1.82) is 0 Å². The van der Waals surface area contributed by atoms with Gasteiger partial charge in [-0.05, 0) is 98.5 Å². The number of benzene rings is 3. The van der Waals surface area contributed by atoms with Crippen molar-refractivity contribution in [2.75, 3.05) is 0 Å². The van der Waals surface area contributed by atoms with Crippen LogP contribution in [0, 0.1) is 27.7 Å². The van der Waals surface area contributed by atoms with Gasteiger partial charge in [0.1, 0.15) is 5.75 Å². The van der Waals surface area contributed by atoms with Gasteiger partial charge in [0.25, 0.3) is 0 Å². The molecule has 1 N–H and O–H groups in total. The number of sulfonamides is 1. The van der Waals surface area contributed by atoms with E-state index in [-0.39, 0.29) is 5.75 Å². The molecule has 0 atom stereocenters. The van der Waals surface area contributed by atoms with Crippen LogP contribution in [0.15, 0.2) is 75.4 Å². The van der Waals surface area contributed by atoms with Gasteiger partial charge in [0.05, 0.1) is 10.9 Å². The molecule has 0 fully saturated rings. The summed E-state index contributed by atoms with van der Waals surface area (Å²) in [7, 11) is -12.0. The fraction of sp³-hybridized carbons (Fsp3) is 0.217. The summed E-state index contributed by atoms with van der Waals surface area (Å²) >= 11 is 0. The van der Waals surface area contributed by atoms with Crippen LogP contribution in [0.2, 0.25) is 0 Å². The van der Waals surface area contributed by atoms with Gasteiger partial charge < -0.3 is 4.18 Å². The van der Waals surface area contributed by atoms with Crippen molar-refractivity contribution in [2.45, 2.75) is 47.9 Å². The number of alkyl halides is 3. The lowest BCUT2D eigenvalue weighted by Gasteiger charge is -2.13. The number of rotatable bonds is 7. The summed E-state index contributed by atoms with van der Waals surface area (Å²) in [5.41, 5.74) is -1.51. The molecule has 0 radical (unpaired) electrons. The van der Waals surface area contributed by atoms with E-state index in [1.807, 2.05) is 27.7 Å². The maximum atomic E-state index is 12.5. The Balaban J connectivity index is 1.99. The minimum absolute atomic E-state index is 0.344. The van der Waals surface area contributed by atoms with E-state index >= 15 is 0 Å². The fourth-order valence-corrected chi connectivity index (χ4v) is 7.86. The normalized spacial score (nSPS) is 12.7. The molecule has 3 aromatic carbocycles. The minimum Gasteiger partial charge on any atom is -0.370 e. The second-order valence-corrected chi connectivity index (χ2v) is 13.2. The third-order valence-electron chi connectivity index (χ3n) is 4.64. The minimum atomic E-state index is -6.15. The van der Waals surface area contributed by atoms with Crippen LogP contribution in [0.25, 0.3) is 0 Å². The average molecular weight is 547 g/mol. The lowest BCUT2D eigenvalue weighted by atomic mass is 10.2. The Labute approximate surface area is 205 Å². The molecular formula is C23H23F3NO5S3+. The molecule has 0 saturated carbocycles. The number of halogens is 3. The van der Waals surface area contributed by atoms with E-state index in [1.165, 1.54) is 12.1 Å². The third kappa shape index (κ3) is 6.78. The van der Waals surface area contributed by atoms with Crippen LogP contribution in [0.4, 0.5) is 13.2 Å². The van der Waals surface area contributed by atoms with Gasteiger partial charge in [0.15, 0.2) is 14.7 Å². The molecule has 6 nitrogen and oxygen atoms in total. The smallest absolute Gasteiger partial charge is 0.370 e. The molecule has 0 aliphatic rings. The third-order valence-corrected chi connectivity index (χ3v) is 9.52. The van der Waals surface area contributed by atoms with E-state index < -0.39 is 36.7 Å². The van der Waals surface area contributed by atoms with Crippen LogP contribution in [0.3, 0.4) is 0 Å². The van der Waals surface area contributed by atoms with E-state index in [0.717, 1.165) is 36.9 Å². The summed E-state index contributed by atoms with van der Waals surface area (Å²) in [6.45, 7) is 7.96. The standard InChI is InChI=1S/C23H23F3NO5S3/c1-15-9-16(2)12-21(11-15)33(22-13-17(3)10-18(4)14-22)20-7-5-19(6-8-20)32-35(30,31)27-34(28,29)23(24,25)26/h5-14,27H,1-4H3/q+1. The summed E-state index contributed by atoms with van der Waals surface area (Å²) in [6, 6.07) is 18.1. The van der Waals surface area contributed by atoms with Crippen molar-refractivity contribution in [1.82, 2.24) is 4.13 Å². The Bertz CT molecular complexity index is 1360. The molecule has 0 aliphatic carbocycles. The van der Waals surface area contributed by atoms with Crippen molar-refractivity contribution in [3.05, 3.63) is 82.9 Å². The Morgan fingerprint density at radius 2 is 1.09 bits per heavy atom. The summed E-state index contributed by atoms with van der Waals surface area (Å²) in [5.74, 6) is -0.344. The van der Waals surface area contributed by atoms with Crippen LogP contribution < -0.4 is 8.31 Å². The number of hydrogen-bond donors (Lipinski definition) is 1. The highest BCUT2D eigenvalue weighted by Gasteiger charge is 2.49. The van der Waals surface area contributed by atoms with Gasteiger partial charge in [-0.1, -0.05) is 16.3 Å². The first-order valence-corrected chi connectivity index (χ1v) is 14.2. The molecule has 0 spiro atoms. The van der Waals surface area contributed by atoms with Gasteiger partial charge in [-0.3, -0.25) is 0 Å². The van der Waals surface area contributed by atoms with E-state index in [9.17, 15) is 30.0 Å². The average Bonchev–Trinajstić information content (AvgIpc) is 2.66. The number of hydrogen-bond acceptors (Lipinski definition) is 5. The summed E-state index contributed by atoms with van der Waals surface area (Å²) in [4.78, 5) is 2.87. The van der Waals surface area contributed by atoms with Gasteiger partial charge in [0.2, 0.25) is 0 Å². The van der Waals surface area contributed by atoms with Crippen molar-refractivity contribution in [3.63, 3.8) is 0 Å². The molecular weight excluding hydrogens is 523 g/mol. The largest absolute Gasteiger partial charge is 0.512 e. The highest BCUT2D eigenvalue weighted by molar-refractivity contribution is 8.03. The molecule has 3 rings (SSSR count). The SMILES string of the molecule is Cc1cc(C)cc([S+](c2ccc(OS(=O)(=O)NS(=O)(=O)C(F)(F)F)cc2)c2cc(C)cc(C)c2)c1. The zero-order chi connectivity index (χ0) is 26.2. The molecule has 0 saturated heterocycles. The van der Waals surface area contributed by atoms with Crippen LogP contribution in [-0.2, 0) is 31.2 Å². The Morgan fingerprint density at radius 3 is 1.46 bits per heavy atom. The first-order valence-electron chi connectivity index (χ1n) is 10.1. The first kappa shape index (κ1) is 27.1.